The number of nitrogens with one attached hydrogen (secondary N) is 2. The molecule has 1 amide bonds. The first-order chi connectivity index (χ1) is 11.5. The van der Waals surface area contributed by atoms with Crippen LogP contribution in [0.1, 0.15) is 42.3 Å². The Morgan fingerprint density at radius 1 is 0.960 bits per heavy atom. The van der Waals surface area contributed by atoms with E-state index in [1.165, 1.54) is 24.3 Å². The van der Waals surface area contributed by atoms with Gasteiger partial charge in [0.1, 0.15) is 0 Å². The minimum Gasteiger partial charge on any atom is -0.347 e. The van der Waals surface area contributed by atoms with Crippen molar-refractivity contribution in [2.45, 2.75) is 45.1 Å². The molecule has 0 saturated heterocycles. The van der Waals surface area contributed by atoms with E-state index in [-0.39, 0.29) is 16.3 Å². The maximum atomic E-state index is 12.5. The Morgan fingerprint density at radius 3 is 2.08 bits per heavy atom. The maximum absolute atomic E-state index is 12.5. The van der Waals surface area contributed by atoms with Gasteiger partial charge >= 0.3 is 0 Å². The van der Waals surface area contributed by atoms with Gasteiger partial charge in [0.15, 0.2) is 0 Å². The van der Waals surface area contributed by atoms with E-state index >= 15 is 0 Å². The summed E-state index contributed by atoms with van der Waals surface area (Å²) in [4.78, 5) is 12.2. The molecule has 0 spiro atoms. The lowest BCUT2D eigenvalue weighted by Crippen LogP contribution is -2.40. The summed E-state index contributed by atoms with van der Waals surface area (Å²) in [5.74, 6) is -0.237. The molecule has 134 valence electrons. The Kier molecular flexibility index (Phi) is 5.23. The molecule has 0 radical (unpaired) electrons. The monoisotopic (exact) mass is 360 g/mol. The van der Waals surface area contributed by atoms with Gasteiger partial charge in [0.25, 0.3) is 15.9 Å². The Labute approximate surface area is 149 Å². The predicted octanol–water partition coefficient (Wildman–Crippen LogP) is 3.63. The van der Waals surface area contributed by atoms with E-state index < -0.39 is 10.0 Å². The molecule has 0 atom stereocenters. The fourth-order valence-corrected chi connectivity index (χ4v) is 3.46. The zero-order chi connectivity index (χ0) is 18.8. The number of aryl methyl sites for hydroxylation is 2. The third-order valence-electron chi connectivity index (χ3n) is 3.54. The standard InChI is InChI=1S/C19H24N2O3S/c1-13-6-11-17(14(2)12-13)21-25(23,24)16-9-7-15(8-10-16)18(22)20-19(3,4)5/h6-12,21H,1-5H3,(H,20,22). The molecule has 0 unspecified atom stereocenters. The summed E-state index contributed by atoms with van der Waals surface area (Å²) in [6.45, 7) is 9.46. The number of hydrogen-bond acceptors (Lipinski definition) is 3. The molecule has 0 fully saturated rings. The van der Waals surface area contributed by atoms with Crippen molar-refractivity contribution in [2.24, 2.45) is 0 Å². The first kappa shape index (κ1) is 19.0. The molecule has 2 aromatic rings. The second-order valence-corrected chi connectivity index (χ2v) is 8.83. The molecule has 2 N–H and O–H groups in total. The fourth-order valence-electron chi connectivity index (χ4n) is 2.33. The van der Waals surface area contributed by atoms with Gasteiger partial charge in [-0.25, -0.2) is 8.42 Å². The quantitative estimate of drug-likeness (QED) is 0.874. The second-order valence-electron chi connectivity index (χ2n) is 7.15. The Bertz CT molecular complexity index is 880. The van der Waals surface area contributed by atoms with Crippen molar-refractivity contribution in [3.05, 3.63) is 59.2 Å². The Hall–Kier alpha value is -2.34. The minimum atomic E-state index is -3.71. The largest absolute Gasteiger partial charge is 0.347 e. The van der Waals surface area contributed by atoms with Gasteiger partial charge in [-0.1, -0.05) is 17.7 Å². The van der Waals surface area contributed by atoms with Gasteiger partial charge in [-0.15, -0.1) is 0 Å². The van der Waals surface area contributed by atoms with Gasteiger partial charge in [-0.05, 0) is 70.5 Å². The van der Waals surface area contributed by atoms with Crippen LogP contribution >= 0.6 is 0 Å². The fraction of sp³-hybridized carbons (Fsp3) is 0.316. The summed E-state index contributed by atoms with van der Waals surface area (Å²) in [6.07, 6.45) is 0. The van der Waals surface area contributed by atoms with Crippen LogP contribution in [0.25, 0.3) is 0 Å². The molecule has 0 aliphatic rings. The molecule has 5 nitrogen and oxygen atoms in total. The third-order valence-corrected chi connectivity index (χ3v) is 4.92. The highest BCUT2D eigenvalue weighted by Gasteiger charge is 2.18. The Morgan fingerprint density at radius 2 is 1.56 bits per heavy atom. The van der Waals surface area contributed by atoms with E-state index in [4.69, 9.17) is 0 Å². The van der Waals surface area contributed by atoms with Gasteiger partial charge in [0, 0.05) is 11.1 Å². The maximum Gasteiger partial charge on any atom is 0.261 e. The van der Waals surface area contributed by atoms with Crippen LogP contribution in [0.4, 0.5) is 5.69 Å². The number of carbonyl (C=O) groups is 1. The van der Waals surface area contributed by atoms with Crippen molar-refractivity contribution in [3.63, 3.8) is 0 Å². The molecule has 0 heterocycles. The van der Waals surface area contributed by atoms with Crippen molar-refractivity contribution >= 4 is 21.6 Å². The minimum absolute atomic E-state index is 0.111. The predicted molar refractivity (Wildman–Crippen MR) is 100 cm³/mol. The van der Waals surface area contributed by atoms with Crippen LogP contribution in [0.3, 0.4) is 0 Å². The van der Waals surface area contributed by atoms with Crippen LogP contribution in [0, 0.1) is 13.8 Å². The summed E-state index contributed by atoms with van der Waals surface area (Å²) in [6, 6.07) is 11.4. The van der Waals surface area contributed by atoms with E-state index in [9.17, 15) is 13.2 Å². The van der Waals surface area contributed by atoms with E-state index in [0.29, 0.717) is 11.3 Å². The van der Waals surface area contributed by atoms with E-state index in [2.05, 4.69) is 10.0 Å². The molecule has 6 heteroatoms. The zero-order valence-corrected chi connectivity index (χ0v) is 16.0. The van der Waals surface area contributed by atoms with Crippen molar-refractivity contribution in [1.82, 2.24) is 5.32 Å². The number of rotatable bonds is 4. The normalized spacial score (nSPS) is 11.9. The highest BCUT2D eigenvalue weighted by Crippen LogP contribution is 2.21. The van der Waals surface area contributed by atoms with E-state index in [1.54, 1.807) is 6.07 Å². The van der Waals surface area contributed by atoms with Crippen LogP contribution in [0.2, 0.25) is 0 Å². The smallest absolute Gasteiger partial charge is 0.261 e. The number of sulfonamides is 1. The van der Waals surface area contributed by atoms with Crippen molar-refractivity contribution < 1.29 is 13.2 Å². The van der Waals surface area contributed by atoms with Crippen LogP contribution in [0.15, 0.2) is 47.4 Å². The molecular formula is C19H24N2O3S. The third kappa shape index (κ3) is 5.06. The molecular weight excluding hydrogens is 336 g/mol. The summed E-state index contributed by atoms with van der Waals surface area (Å²) in [5.41, 5.74) is 2.52. The average Bonchev–Trinajstić information content (AvgIpc) is 2.48. The molecule has 2 aromatic carbocycles. The molecule has 0 aromatic heterocycles. The number of amides is 1. The molecule has 0 saturated carbocycles. The summed E-state index contributed by atoms with van der Waals surface area (Å²) in [7, 11) is -3.71. The van der Waals surface area contributed by atoms with Crippen LogP contribution in [-0.4, -0.2) is 19.9 Å². The second kappa shape index (κ2) is 6.88. The van der Waals surface area contributed by atoms with Gasteiger partial charge < -0.3 is 5.32 Å². The molecule has 0 bridgehead atoms. The van der Waals surface area contributed by atoms with Crippen molar-refractivity contribution in [1.29, 1.82) is 0 Å². The summed E-state index contributed by atoms with van der Waals surface area (Å²) in [5, 5.41) is 2.84. The molecule has 2 rings (SSSR count). The number of benzene rings is 2. The molecule has 0 aliphatic carbocycles. The van der Waals surface area contributed by atoms with Crippen molar-refractivity contribution in [2.75, 3.05) is 4.72 Å². The lowest BCUT2D eigenvalue weighted by atomic mass is 10.1. The topological polar surface area (TPSA) is 75.3 Å². The van der Waals surface area contributed by atoms with Gasteiger partial charge in [0.05, 0.1) is 10.6 Å². The first-order valence-electron chi connectivity index (χ1n) is 8.01. The number of hydrogen-bond donors (Lipinski definition) is 2. The van der Waals surface area contributed by atoms with E-state index in [1.807, 2.05) is 46.8 Å². The van der Waals surface area contributed by atoms with Crippen LogP contribution in [0.5, 0.6) is 0 Å². The van der Waals surface area contributed by atoms with Crippen LogP contribution in [-0.2, 0) is 10.0 Å². The highest BCUT2D eigenvalue weighted by atomic mass is 32.2. The summed E-state index contributed by atoms with van der Waals surface area (Å²) < 4.78 is 27.7. The van der Waals surface area contributed by atoms with Crippen molar-refractivity contribution in [3.8, 4) is 0 Å². The first-order valence-corrected chi connectivity index (χ1v) is 9.49. The average molecular weight is 360 g/mol. The van der Waals surface area contributed by atoms with Gasteiger partial charge in [-0.2, -0.15) is 0 Å². The van der Waals surface area contributed by atoms with E-state index in [0.717, 1.165) is 11.1 Å². The molecule has 25 heavy (non-hydrogen) atoms. The number of carbonyl (C=O) groups excluding carboxylic acids is 1. The molecule has 0 aliphatic heterocycles. The number of anilines is 1. The summed E-state index contributed by atoms with van der Waals surface area (Å²) >= 11 is 0. The van der Waals surface area contributed by atoms with Gasteiger partial charge in [-0.3, -0.25) is 9.52 Å². The Balaban J connectivity index is 2.21. The van der Waals surface area contributed by atoms with Crippen LogP contribution < -0.4 is 10.0 Å². The highest BCUT2D eigenvalue weighted by molar-refractivity contribution is 7.92. The lowest BCUT2D eigenvalue weighted by molar-refractivity contribution is 0.0919. The van der Waals surface area contributed by atoms with Gasteiger partial charge in [0.2, 0.25) is 0 Å². The lowest BCUT2D eigenvalue weighted by Gasteiger charge is -2.20. The zero-order valence-electron chi connectivity index (χ0n) is 15.2. The SMILES string of the molecule is Cc1ccc(NS(=O)(=O)c2ccc(C(=O)NC(C)(C)C)cc2)c(C)c1.